The number of carbonyl (C=O) groups excluding carboxylic acids is 1. The van der Waals surface area contributed by atoms with Crippen molar-refractivity contribution in [2.24, 2.45) is 0 Å². The second kappa shape index (κ2) is 6.20. The van der Waals surface area contributed by atoms with Gasteiger partial charge in [0.15, 0.2) is 0 Å². The number of halogens is 1. The predicted molar refractivity (Wildman–Crippen MR) is 70.0 cm³/mol. The number of hydrogen-bond donors (Lipinski definition) is 1. The van der Waals surface area contributed by atoms with Gasteiger partial charge in [0.1, 0.15) is 10.3 Å². The van der Waals surface area contributed by atoms with Crippen molar-refractivity contribution in [2.75, 3.05) is 6.54 Å². The van der Waals surface area contributed by atoms with E-state index in [2.05, 4.69) is 36.2 Å². The van der Waals surface area contributed by atoms with Crippen LogP contribution in [0.2, 0.25) is 0 Å². The van der Waals surface area contributed by atoms with Crippen molar-refractivity contribution in [1.29, 1.82) is 0 Å². The van der Waals surface area contributed by atoms with E-state index in [1.54, 1.807) is 12.4 Å². The first kappa shape index (κ1) is 12.6. The summed E-state index contributed by atoms with van der Waals surface area (Å²) in [5, 5.41) is 2.79. The molecule has 0 aliphatic heterocycles. The number of carbonyl (C=O) groups is 1. The van der Waals surface area contributed by atoms with Crippen molar-refractivity contribution >= 4 is 21.8 Å². The molecular formula is C12H11BrN4O. The quantitative estimate of drug-likeness (QED) is 0.932. The summed E-state index contributed by atoms with van der Waals surface area (Å²) in [6, 6.07) is 3.84. The lowest BCUT2D eigenvalue weighted by atomic mass is 10.2. The maximum absolute atomic E-state index is 11.7. The molecule has 0 aromatic carbocycles. The zero-order valence-electron chi connectivity index (χ0n) is 9.51. The van der Waals surface area contributed by atoms with Crippen LogP contribution >= 0.6 is 15.9 Å². The molecule has 2 rings (SSSR count). The van der Waals surface area contributed by atoms with Crippen molar-refractivity contribution in [1.82, 2.24) is 20.3 Å². The lowest BCUT2D eigenvalue weighted by molar-refractivity contribution is 0.0948. The molecule has 18 heavy (non-hydrogen) atoms. The smallest absolute Gasteiger partial charge is 0.271 e. The molecule has 0 bridgehead atoms. The largest absolute Gasteiger partial charge is 0.350 e. The fourth-order valence-corrected chi connectivity index (χ4v) is 1.59. The Morgan fingerprint density at radius 3 is 2.67 bits per heavy atom. The summed E-state index contributed by atoms with van der Waals surface area (Å²) in [6.07, 6.45) is 7.16. The van der Waals surface area contributed by atoms with E-state index in [1.165, 1.54) is 12.4 Å². The lowest BCUT2D eigenvalue weighted by Crippen LogP contribution is -2.26. The minimum Gasteiger partial charge on any atom is -0.350 e. The molecule has 0 spiro atoms. The summed E-state index contributed by atoms with van der Waals surface area (Å²) in [5.41, 5.74) is 1.44. The highest BCUT2D eigenvalue weighted by molar-refractivity contribution is 9.10. The molecule has 0 unspecified atom stereocenters. The number of amides is 1. The molecule has 0 aliphatic carbocycles. The first-order valence-corrected chi connectivity index (χ1v) is 6.19. The summed E-state index contributed by atoms with van der Waals surface area (Å²) in [7, 11) is 0. The van der Waals surface area contributed by atoms with E-state index in [4.69, 9.17) is 0 Å². The molecule has 5 nitrogen and oxygen atoms in total. The van der Waals surface area contributed by atoms with Crippen molar-refractivity contribution in [2.45, 2.75) is 6.42 Å². The van der Waals surface area contributed by atoms with Crippen LogP contribution in [0.25, 0.3) is 0 Å². The van der Waals surface area contributed by atoms with Gasteiger partial charge in [-0.3, -0.25) is 9.78 Å². The fourth-order valence-electron chi connectivity index (χ4n) is 1.39. The number of nitrogens with one attached hydrogen (secondary N) is 1. The number of rotatable bonds is 4. The minimum absolute atomic E-state index is 0.218. The molecule has 6 heteroatoms. The third kappa shape index (κ3) is 3.59. The molecule has 2 aromatic rings. The Balaban J connectivity index is 1.84. The molecule has 1 amide bonds. The number of pyridine rings is 1. The Bertz CT molecular complexity index is 515. The second-order valence-corrected chi connectivity index (χ2v) is 4.40. The third-order valence-electron chi connectivity index (χ3n) is 2.30. The van der Waals surface area contributed by atoms with Crippen LogP contribution in [0.15, 0.2) is 41.5 Å². The maximum atomic E-state index is 11.7. The summed E-state index contributed by atoms with van der Waals surface area (Å²) in [4.78, 5) is 23.6. The number of nitrogens with zero attached hydrogens (tertiary/aromatic N) is 3. The number of hydrogen-bond acceptors (Lipinski definition) is 4. The number of aromatic nitrogens is 3. The molecular weight excluding hydrogens is 296 g/mol. The fraction of sp³-hybridized carbons (Fsp3) is 0.167. The van der Waals surface area contributed by atoms with Crippen molar-refractivity contribution in [3.8, 4) is 0 Å². The predicted octanol–water partition coefficient (Wildman–Crippen LogP) is 1.61. The summed E-state index contributed by atoms with van der Waals surface area (Å²) < 4.78 is 0.607. The Morgan fingerprint density at radius 1 is 1.22 bits per heavy atom. The highest BCUT2D eigenvalue weighted by Gasteiger charge is 2.06. The molecule has 92 valence electrons. The van der Waals surface area contributed by atoms with E-state index >= 15 is 0 Å². The lowest BCUT2D eigenvalue weighted by Gasteiger charge is -2.04. The standard InChI is InChI=1S/C12H11BrN4O/c13-11-8-16-10(7-17-11)12(18)15-6-3-9-1-4-14-5-2-9/h1-2,4-5,7-8H,3,6H2,(H,15,18). The van der Waals surface area contributed by atoms with Crippen LogP contribution in [0.5, 0.6) is 0 Å². The van der Waals surface area contributed by atoms with Crippen LogP contribution in [0, 0.1) is 0 Å². The first-order valence-electron chi connectivity index (χ1n) is 5.40. The van der Waals surface area contributed by atoms with E-state index in [-0.39, 0.29) is 5.91 Å². The van der Waals surface area contributed by atoms with Gasteiger partial charge in [-0.2, -0.15) is 0 Å². The Morgan fingerprint density at radius 2 is 2.00 bits per heavy atom. The monoisotopic (exact) mass is 306 g/mol. The Labute approximate surface area is 113 Å². The minimum atomic E-state index is -0.218. The van der Waals surface area contributed by atoms with Gasteiger partial charge in [-0.25, -0.2) is 9.97 Å². The molecule has 0 saturated carbocycles. The van der Waals surface area contributed by atoms with Gasteiger partial charge < -0.3 is 5.32 Å². The van der Waals surface area contributed by atoms with Gasteiger partial charge in [0.2, 0.25) is 0 Å². The van der Waals surface area contributed by atoms with Crippen LogP contribution in [0.4, 0.5) is 0 Å². The highest BCUT2D eigenvalue weighted by Crippen LogP contribution is 2.02. The van der Waals surface area contributed by atoms with E-state index in [1.807, 2.05) is 12.1 Å². The van der Waals surface area contributed by atoms with E-state index < -0.39 is 0 Å². The Hall–Kier alpha value is -1.82. The summed E-state index contributed by atoms with van der Waals surface area (Å²) >= 11 is 3.17. The normalized spacial score (nSPS) is 10.1. The van der Waals surface area contributed by atoms with Crippen LogP contribution < -0.4 is 5.32 Å². The Kier molecular flexibility index (Phi) is 4.35. The van der Waals surface area contributed by atoms with E-state index in [0.717, 1.165) is 12.0 Å². The van der Waals surface area contributed by atoms with Crippen molar-refractivity contribution in [3.05, 3.63) is 52.8 Å². The summed E-state index contributed by atoms with van der Waals surface area (Å²) in [5.74, 6) is -0.218. The molecule has 2 aromatic heterocycles. The molecule has 0 aliphatic rings. The van der Waals surface area contributed by atoms with Gasteiger partial charge in [0.05, 0.1) is 12.4 Å². The van der Waals surface area contributed by atoms with Crippen LogP contribution in [0.3, 0.4) is 0 Å². The molecule has 0 atom stereocenters. The summed E-state index contributed by atoms with van der Waals surface area (Å²) in [6.45, 7) is 0.556. The highest BCUT2D eigenvalue weighted by atomic mass is 79.9. The zero-order valence-corrected chi connectivity index (χ0v) is 11.1. The van der Waals surface area contributed by atoms with Crippen LogP contribution in [-0.4, -0.2) is 27.4 Å². The molecule has 1 N–H and O–H groups in total. The molecule has 0 radical (unpaired) electrons. The van der Waals surface area contributed by atoms with Gasteiger partial charge in [-0.05, 0) is 40.0 Å². The van der Waals surface area contributed by atoms with Gasteiger partial charge in [0, 0.05) is 18.9 Å². The average molecular weight is 307 g/mol. The van der Waals surface area contributed by atoms with Gasteiger partial charge in [0.25, 0.3) is 5.91 Å². The van der Waals surface area contributed by atoms with Crippen LogP contribution in [-0.2, 0) is 6.42 Å². The second-order valence-electron chi connectivity index (χ2n) is 3.59. The van der Waals surface area contributed by atoms with E-state index in [0.29, 0.717) is 16.8 Å². The van der Waals surface area contributed by atoms with E-state index in [9.17, 15) is 4.79 Å². The third-order valence-corrected chi connectivity index (χ3v) is 2.71. The topological polar surface area (TPSA) is 67.8 Å². The first-order chi connectivity index (χ1) is 8.75. The molecule has 0 saturated heterocycles. The molecule has 0 fully saturated rings. The van der Waals surface area contributed by atoms with Crippen molar-refractivity contribution < 1.29 is 4.79 Å². The average Bonchev–Trinajstić information content (AvgIpc) is 2.40. The maximum Gasteiger partial charge on any atom is 0.271 e. The molecule has 2 heterocycles. The van der Waals surface area contributed by atoms with Gasteiger partial charge in [-0.1, -0.05) is 0 Å². The van der Waals surface area contributed by atoms with Crippen molar-refractivity contribution in [3.63, 3.8) is 0 Å². The SMILES string of the molecule is O=C(NCCc1ccncc1)c1cnc(Br)cn1. The zero-order chi connectivity index (χ0) is 12.8. The van der Waals surface area contributed by atoms with Gasteiger partial charge >= 0.3 is 0 Å². The van der Waals surface area contributed by atoms with Gasteiger partial charge in [-0.15, -0.1) is 0 Å². The van der Waals surface area contributed by atoms with Crippen LogP contribution in [0.1, 0.15) is 16.1 Å².